The van der Waals surface area contributed by atoms with Crippen LogP contribution in [-0.4, -0.2) is 15.0 Å². The average Bonchev–Trinajstić information content (AvgIpc) is 2.81. The maximum Gasteiger partial charge on any atom is 0.128 e. The number of aromatic nitrogens is 3. The third-order valence-electron chi connectivity index (χ3n) is 2.24. The molecule has 4 heteroatoms. The Bertz CT molecular complexity index is 382. The van der Waals surface area contributed by atoms with Crippen molar-refractivity contribution in [1.82, 2.24) is 15.0 Å². The van der Waals surface area contributed by atoms with Crippen LogP contribution < -0.4 is 5.32 Å². The lowest BCUT2D eigenvalue weighted by atomic mass is 10.2. The predicted octanol–water partition coefficient (Wildman–Crippen LogP) is 2.37. The third-order valence-corrected chi connectivity index (χ3v) is 2.24. The Balaban J connectivity index is 2.10. The number of pyridine rings is 1. The Morgan fingerprint density at radius 1 is 1.33 bits per heavy atom. The number of rotatable bonds is 4. The van der Waals surface area contributed by atoms with Gasteiger partial charge in [0.2, 0.25) is 0 Å². The van der Waals surface area contributed by atoms with E-state index in [-0.39, 0.29) is 6.04 Å². The molecule has 0 aliphatic rings. The molecule has 0 bridgehead atoms. The summed E-state index contributed by atoms with van der Waals surface area (Å²) in [6.45, 7) is 2.11. The van der Waals surface area contributed by atoms with E-state index in [0.717, 1.165) is 18.1 Å². The molecular formula is C11H14N4. The van der Waals surface area contributed by atoms with Crippen LogP contribution in [0.25, 0.3) is 0 Å². The molecule has 1 unspecified atom stereocenters. The molecule has 2 aromatic heterocycles. The fourth-order valence-corrected chi connectivity index (χ4v) is 1.46. The summed E-state index contributed by atoms with van der Waals surface area (Å²) in [6, 6.07) is 6.00. The molecule has 0 aliphatic carbocycles. The number of aromatic amines is 1. The van der Waals surface area contributed by atoms with Crippen LogP contribution in [-0.2, 0) is 0 Å². The number of imidazole rings is 1. The zero-order chi connectivity index (χ0) is 10.5. The Labute approximate surface area is 88.8 Å². The van der Waals surface area contributed by atoms with E-state index in [1.807, 2.05) is 24.4 Å². The second kappa shape index (κ2) is 4.59. The van der Waals surface area contributed by atoms with Gasteiger partial charge in [0.05, 0.1) is 6.04 Å². The summed E-state index contributed by atoms with van der Waals surface area (Å²) in [7, 11) is 0. The number of hydrogen-bond donors (Lipinski definition) is 2. The highest BCUT2D eigenvalue weighted by Gasteiger charge is 2.10. The highest BCUT2D eigenvalue weighted by molar-refractivity contribution is 5.35. The zero-order valence-corrected chi connectivity index (χ0v) is 8.64. The Kier molecular flexibility index (Phi) is 2.97. The zero-order valence-electron chi connectivity index (χ0n) is 8.64. The Morgan fingerprint density at radius 2 is 2.27 bits per heavy atom. The minimum atomic E-state index is 0.190. The van der Waals surface area contributed by atoms with Gasteiger partial charge in [-0.1, -0.05) is 13.0 Å². The van der Waals surface area contributed by atoms with Crippen molar-refractivity contribution in [1.29, 1.82) is 0 Å². The monoisotopic (exact) mass is 202 g/mol. The van der Waals surface area contributed by atoms with E-state index in [1.165, 1.54) is 0 Å². The summed E-state index contributed by atoms with van der Waals surface area (Å²) >= 11 is 0. The SMILES string of the molecule is CCC(Nc1ccccn1)c1ncc[nH]1. The fourth-order valence-electron chi connectivity index (χ4n) is 1.46. The van der Waals surface area contributed by atoms with Gasteiger partial charge in [0.25, 0.3) is 0 Å². The van der Waals surface area contributed by atoms with Crippen LogP contribution in [0, 0.1) is 0 Å². The lowest BCUT2D eigenvalue weighted by Crippen LogP contribution is -2.12. The minimum Gasteiger partial charge on any atom is -0.360 e. The maximum atomic E-state index is 4.24. The van der Waals surface area contributed by atoms with Crippen LogP contribution in [0.15, 0.2) is 36.8 Å². The molecule has 78 valence electrons. The van der Waals surface area contributed by atoms with Crippen molar-refractivity contribution in [3.8, 4) is 0 Å². The molecule has 1 atom stereocenters. The van der Waals surface area contributed by atoms with E-state index in [1.54, 1.807) is 12.4 Å². The van der Waals surface area contributed by atoms with Gasteiger partial charge in [0, 0.05) is 18.6 Å². The molecule has 2 rings (SSSR count). The molecule has 2 heterocycles. The lowest BCUT2D eigenvalue weighted by Gasteiger charge is -2.14. The number of nitrogens with one attached hydrogen (secondary N) is 2. The minimum absolute atomic E-state index is 0.190. The molecule has 0 fully saturated rings. The van der Waals surface area contributed by atoms with Gasteiger partial charge in [-0.25, -0.2) is 9.97 Å². The molecule has 0 aromatic carbocycles. The van der Waals surface area contributed by atoms with E-state index in [2.05, 4.69) is 27.2 Å². The van der Waals surface area contributed by atoms with Gasteiger partial charge in [-0.3, -0.25) is 0 Å². The number of H-pyrrole nitrogens is 1. The van der Waals surface area contributed by atoms with Crippen LogP contribution in [0.1, 0.15) is 25.2 Å². The standard InChI is InChI=1S/C11H14N4/c1-2-9(11-13-7-8-14-11)15-10-5-3-4-6-12-10/h3-9H,2H2,1H3,(H,12,15)(H,13,14). The smallest absolute Gasteiger partial charge is 0.128 e. The quantitative estimate of drug-likeness (QED) is 0.800. The van der Waals surface area contributed by atoms with Crippen molar-refractivity contribution in [3.63, 3.8) is 0 Å². The highest BCUT2D eigenvalue weighted by atomic mass is 15.1. The van der Waals surface area contributed by atoms with Gasteiger partial charge < -0.3 is 10.3 Å². The van der Waals surface area contributed by atoms with Gasteiger partial charge in [0.15, 0.2) is 0 Å². The van der Waals surface area contributed by atoms with Gasteiger partial charge in [-0.05, 0) is 18.6 Å². The van der Waals surface area contributed by atoms with Crippen molar-refractivity contribution in [2.45, 2.75) is 19.4 Å². The second-order valence-electron chi connectivity index (χ2n) is 3.29. The number of anilines is 1. The topological polar surface area (TPSA) is 53.6 Å². The normalized spacial score (nSPS) is 12.3. The van der Waals surface area contributed by atoms with Crippen LogP contribution in [0.3, 0.4) is 0 Å². The van der Waals surface area contributed by atoms with E-state index in [0.29, 0.717) is 0 Å². The largest absolute Gasteiger partial charge is 0.360 e. The molecule has 4 nitrogen and oxygen atoms in total. The maximum absolute atomic E-state index is 4.24. The van der Waals surface area contributed by atoms with Crippen LogP contribution in [0.4, 0.5) is 5.82 Å². The molecule has 15 heavy (non-hydrogen) atoms. The molecule has 0 amide bonds. The lowest BCUT2D eigenvalue weighted by molar-refractivity contribution is 0.700. The average molecular weight is 202 g/mol. The molecule has 0 aliphatic heterocycles. The van der Waals surface area contributed by atoms with Gasteiger partial charge >= 0.3 is 0 Å². The molecule has 0 saturated heterocycles. The van der Waals surface area contributed by atoms with Crippen molar-refractivity contribution in [3.05, 3.63) is 42.6 Å². The second-order valence-corrected chi connectivity index (χ2v) is 3.29. The Hall–Kier alpha value is -1.84. The molecule has 2 aromatic rings. The first-order chi connectivity index (χ1) is 7.40. The number of hydrogen-bond acceptors (Lipinski definition) is 3. The van der Waals surface area contributed by atoms with Crippen molar-refractivity contribution >= 4 is 5.82 Å². The summed E-state index contributed by atoms with van der Waals surface area (Å²) in [5, 5.41) is 3.33. The Morgan fingerprint density at radius 3 is 2.87 bits per heavy atom. The summed E-state index contributed by atoms with van der Waals surface area (Å²) in [6.07, 6.45) is 6.33. The summed E-state index contributed by atoms with van der Waals surface area (Å²) in [4.78, 5) is 11.6. The van der Waals surface area contributed by atoms with Crippen LogP contribution in [0.5, 0.6) is 0 Å². The number of nitrogens with zero attached hydrogens (tertiary/aromatic N) is 2. The van der Waals surface area contributed by atoms with Crippen molar-refractivity contribution < 1.29 is 0 Å². The van der Waals surface area contributed by atoms with Gasteiger partial charge in [-0.15, -0.1) is 0 Å². The van der Waals surface area contributed by atoms with E-state index < -0.39 is 0 Å². The third kappa shape index (κ3) is 2.34. The van der Waals surface area contributed by atoms with E-state index in [9.17, 15) is 0 Å². The molecule has 0 spiro atoms. The van der Waals surface area contributed by atoms with Crippen molar-refractivity contribution in [2.75, 3.05) is 5.32 Å². The van der Waals surface area contributed by atoms with E-state index >= 15 is 0 Å². The van der Waals surface area contributed by atoms with E-state index in [4.69, 9.17) is 0 Å². The fraction of sp³-hybridized carbons (Fsp3) is 0.273. The molecule has 0 radical (unpaired) electrons. The van der Waals surface area contributed by atoms with Gasteiger partial charge in [0.1, 0.15) is 11.6 Å². The summed E-state index contributed by atoms with van der Waals surface area (Å²) in [5.74, 6) is 1.82. The molecule has 0 saturated carbocycles. The van der Waals surface area contributed by atoms with Crippen LogP contribution >= 0.6 is 0 Å². The summed E-state index contributed by atoms with van der Waals surface area (Å²) < 4.78 is 0. The van der Waals surface area contributed by atoms with Crippen molar-refractivity contribution in [2.24, 2.45) is 0 Å². The first-order valence-electron chi connectivity index (χ1n) is 5.07. The molecular weight excluding hydrogens is 188 g/mol. The highest BCUT2D eigenvalue weighted by Crippen LogP contribution is 2.17. The first kappa shape index (κ1) is 9.71. The molecule has 2 N–H and O–H groups in total. The van der Waals surface area contributed by atoms with Crippen LogP contribution in [0.2, 0.25) is 0 Å². The van der Waals surface area contributed by atoms with Gasteiger partial charge in [-0.2, -0.15) is 0 Å². The summed E-state index contributed by atoms with van der Waals surface area (Å²) in [5.41, 5.74) is 0. The first-order valence-corrected chi connectivity index (χ1v) is 5.07. The predicted molar refractivity (Wildman–Crippen MR) is 59.5 cm³/mol.